The maximum absolute atomic E-state index is 8.97. The third-order valence-corrected chi connectivity index (χ3v) is 3.17. The van der Waals surface area contributed by atoms with Gasteiger partial charge in [-0.15, -0.1) is 0 Å². The van der Waals surface area contributed by atoms with Gasteiger partial charge >= 0.3 is 0 Å². The van der Waals surface area contributed by atoms with E-state index in [1.54, 1.807) is 0 Å². The molecule has 0 spiro atoms. The van der Waals surface area contributed by atoms with Crippen molar-refractivity contribution in [2.24, 2.45) is 5.92 Å². The average Bonchev–Trinajstić information content (AvgIpc) is 2.03. The molecule has 0 atom stereocenters. The Balaban J connectivity index is 2.36. The molecule has 72 valence electrons. The van der Waals surface area contributed by atoms with Crippen molar-refractivity contribution in [3.05, 3.63) is 0 Å². The van der Waals surface area contributed by atoms with Crippen molar-refractivity contribution >= 4 is 0 Å². The first-order chi connectivity index (χ1) is 5.54. The summed E-state index contributed by atoms with van der Waals surface area (Å²) in [5.74, 6) is 0.591. The predicted molar refractivity (Wildman–Crippen MR) is 50.9 cm³/mol. The predicted octanol–water partition coefficient (Wildman–Crippen LogP) is 1.24. The number of aliphatic hydroxyl groups excluding tert-OH is 1. The molecule has 0 aromatic heterocycles. The molecule has 1 rings (SSSR count). The molecule has 0 aliphatic heterocycles. The van der Waals surface area contributed by atoms with Crippen LogP contribution in [-0.4, -0.2) is 43.4 Å². The van der Waals surface area contributed by atoms with Gasteiger partial charge in [-0.2, -0.15) is 0 Å². The Morgan fingerprint density at radius 2 is 1.58 bits per heavy atom. The highest BCUT2D eigenvalue weighted by Crippen LogP contribution is 2.28. The second kappa shape index (κ2) is 3.75. The van der Waals surface area contributed by atoms with Crippen LogP contribution < -0.4 is 0 Å². The van der Waals surface area contributed by atoms with Gasteiger partial charge in [-0.25, -0.2) is 0 Å². The lowest BCUT2D eigenvalue weighted by Crippen LogP contribution is -2.47. The van der Waals surface area contributed by atoms with Gasteiger partial charge in [0.05, 0.1) is 27.2 Å². The zero-order valence-corrected chi connectivity index (χ0v) is 8.58. The summed E-state index contributed by atoms with van der Waals surface area (Å²) < 4.78 is 1.08. The van der Waals surface area contributed by atoms with E-state index < -0.39 is 0 Å². The molecule has 1 saturated carbocycles. The van der Waals surface area contributed by atoms with Gasteiger partial charge in [0.25, 0.3) is 0 Å². The number of hydrogen-bond donors (Lipinski definition) is 1. The van der Waals surface area contributed by atoms with Gasteiger partial charge in [-0.05, 0) is 31.6 Å². The van der Waals surface area contributed by atoms with E-state index in [1.165, 1.54) is 25.7 Å². The lowest BCUT2D eigenvalue weighted by atomic mass is 9.85. The Morgan fingerprint density at radius 1 is 1.08 bits per heavy atom. The molecule has 1 aliphatic carbocycles. The molecule has 1 aliphatic rings. The van der Waals surface area contributed by atoms with Crippen molar-refractivity contribution in [1.82, 2.24) is 0 Å². The van der Waals surface area contributed by atoms with Crippen molar-refractivity contribution in [2.45, 2.75) is 31.7 Å². The summed E-state index contributed by atoms with van der Waals surface area (Å²) >= 11 is 0. The van der Waals surface area contributed by atoms with Crippen LogP contribution in [0.4, 0.5) is 0 Å². The first-order valence-electron chi connectivity index (χ1n) is 4.96. The maximum Gasteiger partial charge on any atom is 0.0884 e. The van der Waals surface area contributed by atoms with Crippen LogP contribution in [0.25, 0.3) is 0 Å². The highest BCUT2D eigenvalue weighted by Gasteiger charge is 2.29. The molecule has 2 nitrogen and oxygen atoms in total. The lowest BCUT2D eigenvalue weighted by Gasteiger charge is -2.38. The maximum atomic E-state index is 8.97. The van der Waals surface area contributed by atoms with Crippen LogP contribution in [-0.2, 0) is 0 Å². The van der Waals surface area contributed by atoms with Crippen LogP contribution in [0, 0.1) is 5.92 Å². The van der Waals surface area contributed by atoms with Crippen molar-refractivity contribution in [2.75, 3.05) is 27.7 Å². The number of nitrogens with zero attached hydrogens (tertiary/aromatic N) is 1. The second-order valence-corrected chi connectivity index (χ2v) is 4.97. The minimum atomic E-state index is 0.393. The monoisotopic (exact) mass is 172 g/mol. The van der Waals surface area contributed by atoms with E-state index in [4.69, 9.17) is 5.11 Å². The lowest BCUT2D eigenvalue weighted by molar-refractivity contribution is -0.897. The third-order valence-electron chi connectivity index (χ3n) is 3.17. The summed E-state index contributed by atoms with van der Waals surface area (Å²) in [5.41, 5.74) is 0. The number of hydrogen-bond acceptors (Lipinski definition) is 1. The fourth-order valence-corrected chi connectivity index (χ4v) is 2.10. The molecule has 0 aromatic carbocycles. The Hall–Kier alpha value is -0.0800. The molecule has 0 bridgehead atoms. The van der Waals surface area contributed by atoms with Gasteiger partial charge in [0, 0.05) is 6.61 Å². The standard InChI is InChI=1S/C10H22NO/c1-11(2,3)10-6-4-9(8-12)5-7-10/h9-10,12H,4-8H2,1-3H3/q+1. The van der Waals surface area contributed by atoms with E-state index in [0.717, 1.165) is 10.5 Å². The van der Waals surface area contributed by atoms with Crippen molar-refractivity contribution in [3.63, 3.8) is 0 Å². The van der Waals surface area contributed by atoms with E-state index in [0.29, 0.717) is 12.5 Å². The molecular formula is C10H22NO+. The van der Waals surface area contributed by atoms with Crippen LogP contribution >= 0.6 is 0 Å². The van der Waals surface area contributed by atoms with Gasteiger partial charge in [-0.1, -0.05) is 0 Å². The topological polar surface area (TPSA) is 20.2 Å². The van der Waals surface area contributed by atoms with E-state index in [9.17, 15) is 0 Å². The average molecular weight is 172 g/mol. The van der Waals surface area contributed by atoms with Crippen LogP contribution in [0.2, 0.25) is 0 Å². The second-order valence-electron chi connectivity index (χ2n) is 4.97. The van der Waals surface area contributed by atoms with E-state index >= 15 is 0 Å². The fourth-order valence-electron chi connectivity index (χ4n) is 2.10. The summed E-state index contributed by atoms with van der Waals surface area (Å²) in [5, 5.41) is 8.97. The Kier molecular flexibility index (Phi) is 3.13. The minimum Gasteiger partial charge on any atom is -0.396 e. The number of rotatable bonds is 2. The summed E-state index contributed by atoms with van der Waals surface area (Å²) in [6.07, 6.45) is 5.01. The molecule has 0 radical (unpaired) electrons. The molecule has 0 amide bonds. The SMILES string of the molecule is C[N+](C)(C)C1CCC(CO)CC1. The van der Waals surface area contributed by atoms with E-state index in [2.05, 4.69) is 21.1 Å². The largest absolute Gasteiger partial charge is 0.396 e. The molecule has 2 heteroatoms. The van der Waals surface area contributed by atoms with E-state index in [-0.39, 0.29) is 0 Å². The first kappa shape index (κ1) is 10.0. The Bertz CT molecular complexity index is 131. The zero-order valence-electron chi connectivity index (χ0n) is 8.58. The Labute approximate surface area is 75.8 Å². The van der Waals surface area contributed by atoms with Crippen molar-refractivity contribution in [1.29, 1.82) is 0 Å². The highest BCUT2D eigenvalue weighted by molar-refractivity contribution is 4.71. The molecule has 0 saturated heterocycles. The molecule has 1 fully saturated rings. The summed E-state index contributed by atoms with van der Waals surface area (Å²) in [6.45, 7) is 0.393. The van der Waals surface area contributed by atoms with Crippen molar-refractivity contribution in [3.8, 4) is 0 Å². The van der Waals surface area contributed by atoms with Crippen LogP contribution in [0.5, 0.6) is 0 Å². The molecular weight excluding hydrogens is 150 g/mol. The summed E-state index contributed by atoms with van der Waals surface area (Å²) in [4.78, 5) is 0. The van der Waals surface area contributed by atoms with Crippen LogP contribution in [0.15, 0.2) is 0 Å². The zero-order chi connectivity index (χ0) is 9.19. The fraction of sp³-hybridized carbons (Fsp3) is 1.00. The van der Waals surface area contributed by atoms with Gasteiger partial charge in [0.15, 0.2) is 0 Å². The molecule has 0 aromatic rings. The van der Waals surface area contributed by atoms with Crippen LogP contribution in [0.1, 0.15) is 25.7 Å². The number of aliphatic hydroxyl groups is 1. The minimum absolute atomic E-state index is 0.393. The third kappa shape index (κ3) is 2.46. The normalized spacial score (nSPS) is 32.0. The molecule has 0 heterocycles. The molecule has 0 unspecified atom stereocenters. The quantitative estimate of drug-likeness (QED) is 0.621. The summed E-state index contributed by atoms with van der Waals surface area (Å²) in [6, 6.07) is 0.813. The van der Waals surface area contributed by atoms with Gasteiger partial charge in [-0.3, -0.25) is 0 Å². The van der Waals surface area contributed by atoms with Gasteiger partial charge < -0.3 is 9.59 Å². The molecule has 1 N–H and O–H groups in total. The van der Waals surface area contributed by atoms with Gasteiger partial charge in [0.1, 0.15) is 0 Å². The smallest absolute Gasteiger partial charge is 0.0884 e. The van der Waals surface area contributed by atoms with Crippen molar-refractivity contribution < 1.29 is 9.59 Å². The first-order valence-corrected chi connectivity index (χ1v) is 4.96. The van der Waals surface area contributed by atoms with Crippen LogP contribution in [0.3, 0.4) is 0 Å². The van der Waals surface area contributed by atoms with Gasteiger partial charge in [0.2, 0.25) is 0 Å². The Morgan fingerprint density at radius 3 is 1.92 bits per heavy atom. The summed E-state index contributed by atoms with van der Waals surface area (Å²) in [7, 11) is 6.80. The molecule has 12 heavy (non-hydrogen) atoms. The highest BCUT2D eigenvalue weighted by atomic mass is 16.3. The number of quaternary nitrogens is 1. The van der Waals surface area contributed by atoms with E-state index in [1.807, 2.05) is 0 Å².